The van der Waals surface area contributed by atoms with Crippen molar-refractivity contribution in [3.63, 3.8) is 0 Å². The molecule has 0 aliphatic rings. The summed E-state index contributed by atoms with van der Waals surface area (Å²) in [6, 6.07) is 5.61. The monoisotopic (exact) mass is 733 g/mol. The van der Waals surface area contributed by atoms with Crippen LogP contribution in [-0.4, -0.2) is 56.0 Å². The van der Waals surface area contributed by atoms with Crippen molar-refractivity contribution in [2.75, 3.05) is 26.9 Å². The van der Waals surface area contributed by atoms with E-state index in [9.17, 15) is 14.4 Å². The number of imide groups is 1. The first-order valence-corrected chi connectivity index (χ1v) is 16.8. The molecule has 0 aliphatic heterocycles. The van der Waals surface area contributed by atoms with Crippen molar-refractivity contribution >= 4 is 18.1 Å². The normalized spacial score (nSPS) is 11.4. The third-order valence-corrected chi connectivity index (χ3v) is 7.72. The largest absolute Gasteiger partial charge is 1.00 e. The molecule has 1 unspecified atom stereocenters. The van der Waals surface area contributed by atoms with Crippen LogP contribution in [-0.2, 0) is 32.1 Å². The Labute approximate surface area is 284 Å². The summed E-state index contributed by atoms with van der Waals surface area (Å²) in [5, 5.41) is 2.77. The van der Waals surface area contributed by atoms with Gasteiger partial charge in [0.1, 0.15) is 32.4 Å². The first-order valence-electron chi connectivity index (χ1n) is 16.8. The number of rotatable bonds is 25. The summed E-state index contributed by atoms with van der Waals surface area (Å²) in [4.78, 5) is 37.9. The summed E-state index contributed by atoms with van der Waals surface area (Å²) in [6.07, 6.45) is 20.9. The second kappa shape index (κ2) is 28.5. The molecule has 10 heteroatoms. The van der Waals surface area contributed by atoms with Gasteiger partial charge in [-0.05, 0) is 13.3 Å². The van der Waals surface area contributed by atoms with E-state index in [1.54, 1.807) is 0 Å². The smallest absolute Gasteiger partial charge is 0.417 e. The van der Waals surface area contributed by atoms with Crippen molar-refractivity contribution in [2.24, 2.45) is 0 Å². The molecule has 1 aromatic rings. The number of aromatic nitrogens is 1. The number of aryl methyl sites for hydroxylation is 1. The molecule has 0 bridgehead atoms. The molecule has 254 valence electrons. The molecule has 1 rings (SSSR count). The van der Waals surface area contributed by atoms with E-state index in [2.05, 4.69) is 12.2 Å². The molecule has 0 aliphatic carbocycles. The fraction of sp³-hybridized carbons (Fsp3) is 0.765. The molecular weight excluding hydrogens is 673 g/mol. The lowest BCUT2D eigenvalue weighted by Crippen LogP contribution is -3.00. The molecule has 1 aromatic heterocycles. The fourth-order valence-corrected chi connectivity index (χ4v) is 4.94. The van der Waals surface area contributed by atoms with Gasteiger partial charge in [-0.1, -0.05) is 109 Å². The quantitative estimate of drug-likeness (QED) is 0.0905. The Morgan fingerprint density at radius 2 is 1.32 bits per heavy atom. The molecule has 44 heavy (non-hydrogen) atoms. The minimum absolute atomic E-state index is 0. The van der Waals surface area contributed by atoms with Gasteiger partial charge in [0, 0.05) is 32.7 Å². The second-order valence-corrected chi connectivity index (χ2v) is 11.3. The summed E-state index contributed by atoms with van der Waals surface area (Å²) in [7, 11) is 1.45. The number of ether oxygens (including phenoxy) is 3. The standard InChI is InChI=1S/C34H59N3O6.HI/c1-5-7-8-9-10-11-12-13-14-15-16-17-18-19-20-22-25-35-33(39)42-28-32(41-4)29-43-34(40)37(30(3)38)27-31-24-21-23-26-36(31)6-2;/h21,23-24,26,32H,5-20,22,25,27-29H2,1-4H3;1H. The summed E-state index contributed by atoms with van der Waals surface area (Å²) < 4.78 is 17.8. The number of methoxy groups -OCH3 is 1. The lowest BCUT2D eigenvalue weighted by molar-refractivity contribution is -0.701. The Morgan fingerprint density at radius 3 is 1.82 bits per heavy atom. The number of unbranched alkanes of at least 4 members (excludes halogenated alkanes) is 15. The van der Waals surface area contributed by atoms with Crippen molar-refractivity contribution in [2.45, 2.75) is 143 Å². The van der Waals surface area contributed by atoms with Crippen LogP contribution in [0, 0.1) is 0 Å². The number of hydrogen-bond donors (Lipinski definition) is 1. The second-order valence-electron chi connectivity index (χ2n) is 11.3. The van der Waals surface area contributed by atoms with Crippen molar-refractivity contribution in [3.05, 3.63) is 30.1 Å². The molecule has 1 heterocycles. The summed E-state index contributed by atoms with van der Waals surface area (Å²) in [6.45, 7) is 6.73. The molecule has 0 spiro atoms. The van der Waals surface area contributed by atoms with Crippen LogP contribution in [0.1, 0.15) is 129 Å². The van der Waals surface area contributed by atoms with Gasteiger partial charge < -0.3 is 43.5 Å². The van der Waals surface area contributed by atoms with Crippen LogP contribution in [0.15, 0.2) is 24.4 Å². The van der Waals surface area contributed by atoms with Gasteiger partial charge in [0.15, 0.2) is 6.20 Å². The fourth-order valence-electron chi connectivity index (χ4n) is 4.94. The van der Waals surface area contributed by atoms with E-state index in [1.807, 2.05) is 35.9 Å². The maximum atomic E-state index is 12.6. The number of hydrogen-bond acceptors (Lipinski definition) is 6. The highest BCUT2D eigenvalue weighted by Crippen LogP contribution is 2.13. The molecular formula is C34H60IN3O6. The Morgan fingerprint density at radius 1 is 0.795 bits per heavy atom. The van der Waals surface area contributed by atoms with Crippen LogP contribution in [0.2, 0.25) is 0 Å². The van der Waals surface area contributed by atoms with Crippen LogP contribution >= 0.6 is 0 Å². The van der Waals surface area contributed by atoms with Crippen LogP contribution in [0.25, 0.3) is 0 Å². The van der Waals surface area contributed by atoms with E-state index >= 15 is 0 Å². The molecule has 0 saturated carbocycles. The zero-order chi connectivity index (χ0) is 31.5. The van der Waals surface area contributed by atoms with Crippen molar-refractivity contribution < 1.29 is 57.1 Å². The van der Waals surface area contributed by atoms with Gasteiger partial charge in [0.25, 0.3) is 0 Å². The molecule has 0 aromatic carbocycles. The van der Waals surface area contributed by atoms with Crippen LogP contribution in [0.3, 0.4) is 0 Å². The van der Waals surface area contributed by atoms with Crippen molar-refractivity contribution in [3.8, 4) is 0 Å². The summed E-state index contributed by atoms with van der Waals surface area (Å²) in [5.74, 6) is -0.421. The highest BCUT2D eigenvalue weighted by Gasteiger charge is 2.25. The average Bonchev–Trinajstić information content (AvgIpc) is 3.01. The molecule has 3 amide bonds. The summed E-state index contributed by atoms with van der Waals surface area (Å²) in [5.41, 5.74) is 0.810. The number of nitrogens with one attached hydrogen (secondary N) is 1. The van der Waals surface area contributed by atoms with Gasteiger partial charge in [-0.2, -0.15) is 0 Å². The van der Waals surface area contributed by atoms with Gasteiger partial charge in [0.2, 0.25) is 11.6 Å². The van der Waals surface area contributed by atoms with Crippen molar-refractivity contribution in [1.29, 1.82) is 0 Å². The number of pyridine rings is 1. The van der Waals surface area contributed by atoms with E-state index < -0.39 is 24.2 Å². The van der Waals surface area contributed by atoms with E-state index in [0.717, 1.165) is 23.4 Å². The Hall–Kier alpha value is -1.95. The minimum atomic E-state index is -0.769. The lowest BCUT2D eigenvalue weighted by Gasteiger charge is -2.20. The Kier molecular flexibility index (Phi) is 27.3. The van der Waals surface area contributed by atoms with E-state index in [-0.39, 0.29) is 43.7 Å². The van der Waals surface area contributed by atoms with E-state index in [1.165, 1.54) is 104 Å². The average molecular weight is 734 g/mol. The van der Waals surface area contributed by atoms with Gasteiger partial charge in [-0.15, -0.1) is 0 Å². The van der Waals surface area contributed by atoms with Crippen LogP contribution in [0.5, 0.6) is 0 Å². The van der Waals surface area contributed by atoms with Gasteiger partial charge >= 0.3 is 12.2 Å². The van der Waals surface area contributed by atoms with Gasteiger partial charge in [-0.3, -0.25) is 4.79 Å². The number of carbonyl (C=O) groups is 3. The molecule has 1 N–H and O–H groups in total. The third kappa shape index (κ3) is 20.9. The highest BCUT2D eigenvalue weighted by molar-refractivity contribution is 5.90. The first-order chi connectivity index (χ1) is 20.9. The van der Waals surface area contributed by atoms with Crippen LogP contribution < -0.4 is 33.9 Å². The van der Waals surface area contributed by atoms with Crippen LogP contribution in [0.4, 0.5) is 9.59 Å². The number of halogens is 1. The topological polar surface area (TPSA) is 98.0 Å². The maximum absolute atomic E-state index is 12.6. The predicted octanol–water partition coefficient (Wildman–Crippen LogP) is 4.49. The number of nitrogens with zero attached hydrogens (tertiary/aromatic N) is 2. The first kappa shape index (κ1) is 42.0. The summed E-state index contributed by atoms with van der Waals surface area (Å²) >= 11 is 0. The number of amides is 3. The molecule has 0 saturated heterocycles. The third-order valence-electron chi connectivity index (χ3n) is 7.72. The minimum Gasteiger partial charge on any atom is -1.00 e. The molecule has 0 fully saturated rings. The molecule has 1 atom stereocenters. The van der Waals surface area contributed by atoms with Gasteiger partial charge in [-0.25, -0.2) is 19.1 Å². The van der Waals surface area contributed by atoms with Gasteiger partial charge in [0.05, 0.1) is 0 Å². The zero-order valence-electron chi connectivity index (χ0n) is 28.0. The van der Waals surface area contributed by atoms with E-state index in [4.69, 9.17) is 14.2 Å². The predicted molar refractivity (Wildman–Crippen MR) is 170 cm³/mol. The highest BCUT2D eigenvalue weighted by atomic mass is 127. The maximum Gasteiger partial charge on any atom is 0.417 e. The zero-order valence-corrected chi connectivity index (χ0v) is 30.1. The SMILES string of the molecule is CCCCCCCCCCCCCCCCCCNC(=O)OCC(COC(=O)N(Cc1cccc[n+]1CC)C(C)=O)OC.[I-]. The van der Waals surface area contributed by atoms with E-state index in [0.29, 0.717) is 13.1 Å². The van der Waals surface area contributed by atoms with Crippen molar-refractivity contribution in [1.82, 2.24) is 10.2 Å². The number of carbonyl (C=O) groups excluding carboxylic acids is 3. The Balaban J connectivity index is 0.0000185. The number of alkyl carbamates (subject to hydrolysis) is 1. The Bertz CT molecular complexity index is 888. The molecule has 9 nitrogen and oxygen atoms in total. The molecule has 0 radical (unpaired) electrons. The lowest BCUT2D eigenvalue weighted by atomic mass is 10.0.